The average molecular weight is 825 g/mol. The van der Waals surface area contributed by atoms with Crippen LogP contribution in [0.2, 0.25) is 0 Å². The Morgan fingerprint density at radius 1 is 0.948 bits per heavy atom. The number of carbonyl (C=O) groups excluding carboxylic acids is 4. The minimum Gasteiger partial charge on any atom is -0.369 e. The van der Waals surface area contributed by atoms with Gasteiger partial charge < -0.3 is 15.5 Å². The number of fused-ring (bicyclic) bond motifs is 1. The molecule has 0 bridgehead atoms. The maximum Gasteiger partial charge on any atom is 0.421 e. The molecule has 58 heavy (non-hydrogen) atoms. The average Bonchev–Trinajstić information content (AvgIpc) is 3.41. The lowest BCUT2D eigenvalue weighted by molar-refractivity contribution is -0.138. The first-order chi connectivity index (χ1) is 27.5. The topological polar surface area (TPSA) is 190 Å². The zero-order chi connectivity index (χ0) is 41.5. The molecular formula is C37H36F4N10O6S. The third kappa shape index (κ3) is 8.26. The van der Waals surface area contributed by atoms with Crippen LogP contribution in [0.25, 0.3) is 0 Å². The zero-order valence-electron chi connectivity index (χ0n) is 31.0. The maximum absolute atomic E-state index is 15.3. The quantitative estimate of drug-likeness (QED) is 0.147. The van der Waals surface area contributed by atoms with Crippen LogP contribution in [-0.2, 0) is 38.9 Å². The van der Waals surface area contributed by atoms with E-state index >= 15 is 4.39 Å². The van der Waals surface area contributed by atoms with Crippen molar-refractivity contribution in [3.8, 4) is 0 Å². The fraction of sp³-hybridized carbons (Fsp3) is 0.324. The van der Waals surface area contributed by atoms with Crippen LogP contribution >= 0.6 is 0 Å². The number of nitrogens with zero attached hydrogens (tertiary/aromatic N) is 7. The van der Waals surface area contributed by atoms with E-state index in [0.717, 1.165) is 27.2 Å². The molecule has 0 aliphatic carbocycles. The van der Waals surface area contributed by atoms with Crippen LogP contribution in [-0.4, -0.2) is 102 Å². The molecule has 4 amide bonds. The molecule has 2 aromatic heterocycles. The summed E-state index contributed by atoms with van der Waals surface area (Å²) in [5, 5.41) is 7.71. The molecule has 3 aliphatic heterocycles. The lowest BCUT2D eigenvalue weighted by atomic mass is 10.0. The fourth-order valence-electron chi connectivity index (χ4n) is 6.92. The standard InChI is InChI=1S/C37H36F4N10O6S/c1-48(58(2,56)57)32-21(4-3-11-42-32)18-43-31-27(37(39,40)41)19-44-36(47-31)45-23-5-7-24(8-6-23)50-14-12-49(13-15-50)20-22-16-25-26(17-28(22)38)35(55)51(34(25)54)29-9-10-30(52)46-33(29)53/h3-8,11,16-17,19,29H,9-10,12-15,18,20H2,1-2H3,(H,46,52,53)(H2,43,44,45,47). The monoisotopic (exact) mass is 824 g/mol. The van der Waals surface area contributed by atoms with E-state index in [2.05, 4.69) is 35.8 Å². The largest absolute Gasteiger partial charge is 0.421 e. The van der Waals surface area contributed by atoms with Gasteiger partial charge in [0.2, 0.25) is 27.8 Å². The van der Waals surface area contributed by atoms with Crippen molar-refractivity contribution >= 4 is 62.6 Å². The van der Waals surface area contributed by atoms with Gasteiger partial charge in [-0.05, 0) is 48.9 Å². The molecule has 21 heteroatoms. The first kappa shape index (κ1) is 40.0. The van der Waals surface area contributed by atoms with Crippen molar-refractivity contribution in [3.05, 3.63) is 94.6 Å². The van der Waals surface area contributed by atoms with Gasteiger partial charge in [0.25, 0.3) is 11.8 Å². The molecule has 304 valence electrons. The third-order valence-electron chi connectivity index (χ3n) is 10.1. The van der Waals surface area contributed by atoms with E-state index in [9.17, 15) is 40.8 Å². The summed E-state index contributed by atoms with van der Waals surface area (Å²) in [5.74, 6) is -3.98. The number of aromatic nitrogens is 3. The number of pyridine rings is 1. The predicted octanol–water partition coefficient (Wildman–Crippen LogP) is 3.50. The lowest BCUT2D eigenvalue weighted by Crippen LogP contribution is -2.54. The first-order valence-electron chi connectivity index (χ1n) is 17.9. The molecular weight excluding hydrogens is 789 g/mol. The molecule has 16 nitrogen and oxygen atoms in total. The second-order valence-corrected chi connectivity index (χ2v) is 15.9. The summed E-state index contributed by atoms with van der Waals surface area (Å²) in [5.41, 5.74) is 0.648. The number of anilines is 5. The van der Waals surface area contributed by atoms with E-state index in [4.69, 9.17) is 0 Å². The van der Waals surface area contributed by atoms with Crippen LogP contribution in [0.3, 0.4) is 0 Å². The zero-order valence-corrected chi connectivity index (χ0v) is 31.8. The Kier molecular flexibility index (Phi) is 10.8. The number of piperidine rings is 1. The number of hydrogen-bond acceptors (Lipinski definition) is 13. The number of rotatable bonds is 11. The second kappa shape index (κ2) is 15.6. The van der Waals surface area contributed by atoms with E-state index in [1.165, 1.54) is 31.4 Å². The lowest BCUT2D eigenvalue weighted by Gasteiger charge is -2.36. The summed E-state index contributed by atoms with van der Waals surface area (Å²) in [6.45, 7) is 2.14. The molecule has 2 aromatic carbocycles. The van der Waals surface area contributed by atoms with Crippen LogP contribution < -0.4 is 25.2 Å². The van der Waals surface area contributed by atoms with Crippen molar-refractivity contribution in [1.82, 2.24) is 30.1 Å². The number of imide groups is 2. The Bertz CT molecular complexity index is 2410. The summed E-state index contributed by atoms with van der Waals surface area (Å²) in [6.07, 6.45) is -1.81. The number of sulfonamides is 1. The maximum atomic E-state index is 15.3. The summed E-state index contributed by atoms with van der Waals surface area (Å²) < 4.78 is 82.2. The molecule has 0 saturated carbocycles. The summed E-state index contributed by atoms with van der Waals surface area (Å²) >= 11 is 0. The van der Waals surface area contributed by atoms with Crippen molar-refractivity contribution in [2.24, 2.45) is 0 Å². The van der Waals surface area contributed by atoms with Crippen molar-refractivity contribution in [3.63, 3.8) is 0 Å². The van der Waals surface area contributed by atoms with Crippen molar-refractivity contribution in [2.45, 2.75) is 38.1 Å². The Morgan fingerprint density at radius 3 is 2.29 bits per heavy atom. The van der Waals surface area contributed by atoms with Gasteiger partial charge in [0, 0.05) is 87.6 Å². The molecule has 2 fully saturated rings. The molecule has 7 rings (SSSR count). The number of hydrogen-bond donors (Lipinski definition) is 3. The van der Waals surface area contributed by atoms with Gasteiger partial charge in [0.05, 0.1) is 17.4 Å². The van der Waals surface area contributed by atoms with Crippen LogP contribution in [0.5, 0.6) is 0 Å². The van der Waals surface area contributed by atoms with E-state index in [-0.39, 0.29) is 54.4 Å². The Balaban J connectivity index is 0.970. The summed E-state index contributed by atoms with van der Waals surface area (Å²) in [4.78, 5) is 67.2. The van der Waals surface area contributed by atoms with E-state index in [1.54, 1.807) is 12.1 Å². The number of benzene rings is 2. The van der Waals surface area contributed by atoms with Crippen molar-refractivity contribution in [2.75, 3.05) is 59.3 Å². The number of nitrogens with one attached hydrogen (secondary N) is 3. The predicted molar refractivity (Wildman–Crippen MR) is 202 cm³/mol. The second-order valence-electron chi connectivity index (χ2n) is 13.9. The third-order valence-corrected chi connectivity index (χ3v) is 11.2. The van der Waals surface area contributed by atoms with Gasteiger partial charge in [-0.2, -0.15) is 18.2 Å². The van der Waals surface area contributed by atoms with Crippen molar-refractivity contribution < 1.29 is 45.2 Å². The van der Waals surface area contributed by atoms with Gasteiger partial charge >= 0.3 is 6.18 Å². The Labute approximate surface area is 329 Å². The van der Waals surface area contributed by atoms with Crippen LogP contribution in [0, 0.1) is 5.82 Å². The number of carbonyl (C=O) groups is 4. The highest BCUT2D eigenvalue weighted by atomic mass is 32.2. The summed E-state index contributed by atoms with van der Waals surface area (Å²) in [7, 11) is -2.41. The normalized spacial score (nSPS) is 17.7. The molecule has 0 spiro atoms. The molecule has 1 unspecified atom stereocenters. The highest BCUT2D eigenvalue weighted by Crippen LogP contribution is 2.35. The SMILES string of the molecule is CN(c1ncccc1CNc1nc(Nc2ccc(N3CCN(Cc4cc5c(cc4F)C(=O)N(C4CCC(=O)NC4=O)C5=O)CC3)cc2)ncc1C(F)(F)F)S(C)(=O)=O. The van der Waals surface area contributed by atoms with Crippen LogP contribution in [0.15, 0.2) is 60.9 Å². The minimum atomic E-state index is -4.79. The Morgan fingerprint density at radius 2 is 1.64 bits per heavy atom. The number of amides is 4. The molecule has 4 aromatic rings. The molecule has 2 saturated heterocycles. The van der Waals surface area contributed by atoms with E-state index in [1.807, 2.05) is 17.0 Å². The number of halogens is 4. The number of alkyl halides is 3. The highest BCUT2D eigenvalue weighted by molar-refractivity contribution is 7.92. The van der Waals surface area contributed by atoms with Gasteiger partial charge in [-0.1, -0.05) is 6.07 Å². The molecule has 3 N–H and O–H groups in total. The molecule has 5 heterocycles. The van der Waals surface area contributed by atoms with E-state index in [0.29, 0.717) is 43.6 Å². The van der Waals surface area contributed by atoms with Gasteiger partial charge in [-0.3, -0.25) is 38.6 Å². The highest BCUT2D eigenvalue weighted by Gasteiger charge is 2.45. The summed E-state index contributed by atoms with van der Waals surface area (Å²) in [6, 6.07) is 11.4. The first-order valence-corrected chi connectivity index (χ1v) is 19.8. The van der Waals surface area contributed by atoms with Crippen LogP contribution in [0.4, 0.5) is 46.5 Å². The van der Waals surface area contributed by atoms with Gasteiger partial charge in [-0.15, -0.1) is 0 Å². The Hall–Kier alpha value is -6.22. The molecule has 1 atom stereocenters. The van der Waals surface area contributed by atoms with Gasteiger partial charge in [-0.25, -0.2) is 22.8 Å². The number of piperazine rings is 1. The smallest absolute Gasteiger partial charge is 0.369 e. The van der Waals surface area contributed by atoms with Gasteiger partial charge in [0.15, 0.2) is 0 Å². The molecule has 3 aliphatic rings. The fourth-order valence-corrected chi connectivity index (χ4v) is 7.40. The minimum absolute atomic E-state index is 0.00547. The van der Waals surface area contributed by atoms with Gasteiger partial charge in [0.1, 0.15) is 29.1 Å². The van der Waals surface area contributed by atoms with E-state index < -0.39 is 63.1 Å². The van der Waals surface area contributed by atoms with Crippen LogP contribution in [0.1, 0.15) is 50.2 Å². The van der Waals surface area contributed by atoms with Crippen molar-refractivity contribution in [1.29, 1.82) is 0 Å². The molecule has 0 radical (unpaired) electrons.